The molecule has 2 heterocycles. The minimum atomic E-state index is -0.564. The topological polar surface area (TPSA) is 84.6 Å². The number of carbonyl (C=O) groups excluding carboxylic acids is 2. The van der Waals surface area contributed by atoms with Gasteiger partial charge >= 0.3 is 6.03 Å². The van der Waals surface area contributed by atoms with Gasteiger partial charge in [0.1, 0.15) is 17.5 Å². The van der Waals surface area contributed by atoms with Crippen LogP contribution in [0.4, 0.5) is 10.5 Å². The van der Waals surface area contributed by atoms with Gasteiger partial charge in [-0.05, 0) is 31.0 Å². The lowest BCUT2D eigenvalue weighted by Gasteiger charge is -2.21. The molecule has 0 spiro atoms. The highest BCUT2D eigenvalue weighted by Crippen LogP contribution is 2.36. The SMILES string of the molecule is Cc1c(N2C(=O)C3=C(O)CCCN3C2=O)ccc(C#N)c1Cl. The number of hydrogen-bond donors (Lipinski definition) is 1. The van der Waals surface area contributed by atoms with Gasteiger partial charge < -0.3 is 5.11 Å². The number of anilines is 1. The van der Waals surface area contributed by atoms with E-state index in [9.17, 15) is 14.7 Å². The Hall–Kier alpha value is -2.52. The van der Waals surface area contributed by atoms with Crippen LogP contribution >= 0.6 is 11.6 Å². The maximum absolute atomic E-state index is 12.5. The fraction of sp³-hybridized carbons (Fsp3) is 0.267. The maximum Gasteiger partial charge on any atom is 0.336 e. The first-order valence-electron chi connectivity index (χ1n) is 6.74. The molecule has 0 radical (unpaired) electrons. The van der Waals surface area contributed by atoms with E-state index in [0.717, 1.165) is 4.90 Å². The number of imide groups is 1. The van der Waals surface area contributed by atoms with Gasteiger partial charge in [-0.1, -0.05) is 11.6 Å². The number of aliphatic hydroxyl groups excluding tert-OH is 1. The molecule has 0 aliphatic carbocycles. The van der Waals surface area contributed by atoms with Gasteiger partial charge in [-0.2, -0.15) is 5.26 Å². The average molecular weight is 318 g/mol. The molecule has 6 nitrogen and oxygen atoms in total. The second-order valence-electron chi connectivity index (χ2n) is 5.16. The van der Waals surface area contributed by atoms with Crippen molar-refractivity contribution >= 4 is 29.2 Å². The highest BCUT2D eigenvalue weighted by atomic mass is 35.5. The van der Waals surface area contributed by atoms with Crippen molar-refractivity contribution in [2.24, 2.45) is 0 Å². The minimum Gasteiger partial charge on any atom is -0.510 e. The van der Waals surface area contributed by atoms with Gasteiger partial charge in [0, 0.05) is 13.0 Å². The predicted octanol–water partition coefficient (Wildman–Crippen LogP) is 2.85. The summed E-state index contributed by atoms with van der Waals surface area (Å²) in [5.41, 5.74) is 1.12. The molecule has 7 heteroatoms. The third-order valence-electron chi connectivity index (χ3n) is 3.89. The number of amides is 3. The number of aliphatic hydroxyl groups is 1. The Labute approximate surface area is 131 Å². The van der Waals surface area contributed by atoms with Crippen molar-refractivity contribution in [3.05, 3.63) is 39.7 Å². The molecule has 1 aromatic rings. The van der Waals surface area contributed by atoms with Crippen LogP contribution in [0.15, 0.2) is 23.6 Å². The van der Waals surface area contributed by atoms with E-state index in [1.165, 1.54) is 17.0 Å². The standard InChI is InChI=1S/C15H12ClN3O3/c1-8-10(5-4-9(7-17)12(8)16)19-14(21)13-11(20)3-2-6-18(13)15(19)22/h4-5,20H,2-3,6H2,1H3. The van der Waals surface area contributed by atoms with Crippen LogP contribution in [0.1, 0.15) is 24.0 Å². The molecule has 0 aromatic heterocycles. The smallest absolute Gasteiger partial charge is 0.336 e. The van der Waals surface area contributed by atoms with Gasteiger partial charge in [0.05, 0.1) is 16.3 Å². The molecule has 1 N–H and O–H groups in total. The number of rotatable bonds is 1. The number of carbonyl (C=O) groups is 2. The maximum atomic E-state index is 12.5. The van der Waals surface area contributed by atoms with E-state index in [0.29, 0.717) is 30.6 Å². The van der Waals surface area contributed by atoms with Gasteiger partial charge in [-0.3, -0.25) is 9.69 Å². The predicted molar refractivity (Wildman–Crippen MR) is 79.4 cm³/mol. The summed E-state index contributed by atoms with van der Waals surface area (Å²) in [6.45, 7) is 2.04. The van der Waals surface area contributed by atoms with Crippen molar-refractivity contribution in [3.8, 4) is 6.07 Å². The van der Waals surface area contributed by atoms with Gasteiger partial charge in [-0.15, -0.1) is 0 Å². The number of halogens is 1. The summed E-state index contributed by atoms with van der Waals surface area (Å²) in [7, 11) is 0. The van der Waals surface area contributed by atoms with Crippen LogP contribution < -0.4 is 4.90 Å². The zero-order valence-electron chi connectivity index (χ0n) is 11.8. The first-order chi connectivity index (χ1) is 10.5. The minimum absolute atomic E-state index is 0.0381. The van der Waals surface area contributed by atoms with Crippen molar-refractivity contribution in [3.63, 3.8) is 0 Å². The number of hydrogen-bond acceptors (Lipinski definition) is 4. The van der Waals surface area contributed by atoms with Crippen LogP contribution in [-0.4, -0.2) is 28.5 Å². The van der Waals surface area contributed by atoms with Crippen molar-refractivity contribution in [1.29, 1.82) is 5.26 Å². The monoisotopic (exact) mass is 317 g/mol. The first-order valence-corrected chi connectivity index (χ1v) is 7.12. The molecule has 3 amide bonds. The van der Waals surface area contributed by atoms with Crippen LogP contribution in [-0.2, 0) is 4.79 Å². The molecule has 112 valence electrons. The molecule has 0 bridgehead atoms. The zero-order valence-corrected chi connectivity index (χ0v) is 12.5. The van der Waals surface area contributed by atoms with E-state index < -0.39 is 11.9 Å². The van der Waals surface area contributed by atoms with Crippen molar-refractivity contribution in [1.82, 2.24) is 4.90 Å². The van der Waals surface area contributed by atoms with Crippen LogP contribution in [0.2, 0.25) is 5.02 Å². The molecular formula is C15H12ClN3O3. The first kappa shape index (κ1) is 14.4. The van der Waals surface area contributed by atoms with Gasteiger partial charge in [0.15, 0.2) is 0 Å². The molecule has 2 aliphatic heterocycles. The number of nitriles is 1. The molecule has 1 aromatic carbocycles. The number of fused-ring (bicyclic) bond motifs is 1. The van der Waals surface area contributed by atoms with E-state index in [1.807, 2.05) is 6.07 Å². The lowest BCUT2D eigenvalue weighted by molar-refractivity contribution is -0.114. The van der Waals surface area contributed by atoms with Gasteiger partial charge in [-0.25, -0.2) is 9.69 Å². The summed E-state index contributed by atoms with van der Waals surface area (Å²) in [6.07, 6.45) is 0.987. The Bertz CT molecular complexity index is 779. The van der Waals surface area contributed by atoms with Crippen molar-refractivity contribution in [2.75, 3.05) is 11.4 Å². The Morgan fingerprint density at radius 1 is 1.36 bits per heavy atom. The second-order valence-corrected chi connectivity index (χ2v) is 5.53. The molecule has 1 saturated heterocycles. The van der Waals surface area contributed by atoms with Crippen LogP contribution in [0.25, 0.3) is 0 Å². The lowest BCUT2D eigenvalue weighted by atomic mass is 10.1. The normalized spacial score (nSPS) is 17.9. The summed E-state index contributed by atoms with van der Waals surface area (Å²) < 4.78 is 0. The second kappa shape index (κ2) is 5.04. The summed E-state index contributed by atoms with van der Waals surface area (Å²) >= 11 is 6.11. The summed E-state index contributed by atoms with van der Waals surface area (Å²) in [6, 6.07) is 4.44. The van der Waals surface area contributed by atoms with E-state index in [4.69, 9.17) is 16.9 Å². The number of nitrogens with zero attached hydrogens (tertiary/aromatic N) is 3. The molecule has 0 unspecified atom stereocenters. The Morgan fingerprint density at radius 3 is 2.73 bits per heavy atom. The largest absolute Gasteiger partial charge is 0.510 e. The highest BCUT2D eigenvalue weighted by molar-refractivity contribution is 6.34. The Kier molecular flexibility index (Phi) is 3.30. The number of allylic oxidation sites excluding steroid dienone is 1. The summed E-state index contributed by atoms with van der Waals surface area (Å²) in [4.78, 5) is 27.3. The van der Waals surface area contributed by atoms with E-state index in [-0.39, 0.29) is 22.0 Å². The zero-order chi connectivity index (χ0) is 16.0. The molecular weight excluding hydrogens is 306 g/mol. The average Bonchev–Trinajstić information content (AvgIpc) is 2.75. The molecule has 1 fully saturated rings. The van der Waals surface area contributed by atoms with Crippen LogP contribution in [0.5, 0.6) is 0 Å². The van der Waals surface area contributed by atoms with Crippen molar-refractivity contribution < 1.29 is 14.7 Å². The highest BCUT2D eigenvalue weighted by Gasteiger charge is 2.45. The molecule has 2 aliphatic rings. The molecule has 0 atom stereocenters. The van der Waals surface area contributed by atoms with Gasteiger partial charge in [0.25, 0.3) is 5.91 Å². The summed E-state index contributed by atoms with van der Waals surface area (Å²) in [5, 5.41) is 19.1. The Balaban J connectivity index is 2.13. The van der Waals surface area contributed by atoms with Crippen LogP contribution in [0, 0.1) is 18.3 Å². The lowest BCUT2D eigenvalue weighted by Crippen LogP contribution is -2.34. The van der Waals surface area contributed by atoms with Gasteiger partial charge in [0.2, 0.25) is 0 Å². The fourth-order valence-corrected chi connectivity index (χ4v) is 2.95. The number of urea groups is 1. The molecule has 22 heavy (non-hydrogen) atoms. The Morgan fingerprint density at radius 2 is 2.09 bits per heavy atom. The molecule has 3 rings (SSSR count). The number of benzene rings is 1. The third kappa shape index (κ3) is 1.86. The van der Waals surface area contributed by atoms with Crippen LogP contribution in [0.3, 0.4) is 0 Å². The van der Waals surface area contributed by atoms with E-state index >= 15 is 0 Å². The summed E-state index contributed by atoms with van der Waals surface area (Å²) in [5.74, 6) is -0.629. The fourth-order valence-electron chi connectivity index (χ4n) is 2.75. The molecule has 0 saturated carbocycles. The quantitative estimate of drug-likeness (QED) is 0.807. The van der Waals surface area contributed by atoms with E-state index in [1.54, 1.807) is 6.92 Å². The third-order valence-corrected chi connectivity index (χ3v) is 4.37. The van der Waals surface area contributed by atoms with E-state index in [2.05, 4.69) is 0 Å². The van der Waals surface area contributed by atoms with Crippen molar-refractivity contribution in [2.45, 2.75) is 19.8 Å².